The standard InChI is InChI=1S/C16H19NO7/c1-20-8-11-9-23-13-5-4-10(6-14(13)24-11)17-12(16(19)22-3)7-15(18)21-2/h4-7,11,17H,8-9H2,1-3H3/b12-7+. The monoisotopic (exact) mass is 337 g/mol. The lowest BCUT2D eigenvalue weighted by atomic mass is 10.2. The Bertz CT molecular complexity index is 641. The minimum Gasteiger partial charge on any atom is -0.486 e. The van der Waals surface area contributed by atoms with Crippen LogP contribution in [0.25, 0.3) is 0 Å². The highest BCUT2D eigenvalue weighted by Gasteiger charge is 2.22. The lowest BCUT2D eigenvalue weighted by Crippen LogP contribution is -2.33. The first-order valence-electron chi connectivity index (χ1n) is 7.14. The third kappa shape index (κ3) is 4.39. The van der Waals surface area contributed by atoms with Crippen LogP contribution in [0.5, 0.6) is 11.5 Å². The van der Waals surface area contributed by atoms with Crippen LogP contribution in [0.4, 0.5) is 5.69 Å². The molecule has 0 aliphatic carbocycles. The van der Waals surface area contributed by atoms with Crippen LogP contribution in [0.15, 0.2) is 30.0 Å². The van der Waals surface area contributed by atoms with E-state index in [1.165, 1.54) is 14.2 Å². The molecule has 0 spiro atoms. The van der Waals surface area contributed by atoms with Crippen molar-refractivity contribution >= 4 is 17.6 Å². The summed E-state index contributed by atoms with van der Waals surface area (Å²) >= 11 is 0. The Labute approximate surface area is 139 Å². The number of rotatable bonds is 6. The Morgan fingerprint density at radius 2 is 2.04 bits per heavy atom. The second-order valence-corrected chi connectivity index (χ2v) is 4.87. The molecule has 0 saturated carbocycles. The molecular formula is C16H19NO7. The Kier molecular flexibility index (Phi) is 6.02. The van der Waals surface area contributed by atoms with E-state index in [0.717, 1.165) is 6.08 Å². The molecule has 0 bridgehead atoms. The van der Waals surface area contributed by atoms with Gasteiger partial charge in [0.05, 0.1) is 26.9 Å². The second-order valence-electron chi connectivity index (χ2n) is 4.87. The molecule has 0 saturated heterocycles. The first-order chi connectivity index (χ1) is 11.6. The maximum Gasteiger partial charge on any atom is 0.354 e. The fraction of sp³-hybridized carbons (Fsp3) is 0.375. The summed E-state index contributed by atoms with van der Waals surface area (Å²) < 4.78 is 25.6. The molecule has 24 heavy (non-hydrogen) atoms. The van der Waals surface area contributed by atoms with Gasteiger partial charge in [0.25, 0.3) is 0 Å². The van der Waals surface area contributed by atoms with Crippen LogP contribution in [-0.4, -0.2) is 52.6 Å². The molecule has 1 atom stereocenters. The Morgan fingerprint density at radius 3 is 2.71 bits per heavy atom. The number of nitrogens with one attached hydrogen (secondary N) is 1. The summed E-state index contributed by atoms with van der Waals surface area (Å²) in [6.45, 7) is 0.788. The predicted octanol–water partition coefficient (Wildman–Crippen LogP) is 1.11. The Hall–Kier alpha value is -2.74. The van der Waals surface area contributed by atoms with Gasteiger partial charge in [0.2, 0.25) is 0 Å². The van der Waals surface area contributed by atoms with Crippen LogP contribution in [-0.2, 0) is 23.8 Å². The number of esters is 2. The average Bonchev–Trinajstić information content (AvgIpc) is 2.60. The van der Waals surface area contributed by atoms with Gasteiger partial charge in [-0.25, -0.2) is 9.59 Å². The summed E-state index contributed by atoms with van der Waals surface area (Å²) in [7, 11) is 4.01. The Balaban J connectivity index is 2.19. The van der Waals surface area contributed by atoms with Crippen molar-refractivity contribution in [2.45, 2.75) is 6.10 Å². The molecule has 1 heterocycles. The van der Waals surface area contributed by atoms with Crippen LogP contribution in [0.3, 0.4) is 0 Å². The largest absolute Gasteiger partial charge is 0.486 e. The molecule has 130 valence electrons. The molecule has 1 N–H and O–H groups in total. The summed E-state index contributed by atoms with van der Waals surface area (Å²) in [5, 5.41) is 2.81. The average molecular weight is 337 g/mol. The minimum atomic E-state index is -0.701. The number of anilines is 1. The van der Waals surface area contributed by atoms with Crippen molar-refractivity contribution in [1.82, 2.24) is 0 Å². The highest BCUT2D eigenvalue weighted by molar-refractivity contribution is 5.98. The molecule has 1 aromatic rings. The fourth-order valence-corrected chi connectivity index (χ4v) is 2.05. The topological polar surface area (TPSA) is 92.3 Å². The SMILES string of the molecule is COCC1COc2ccc(N/C(=C/C(=O)OC)C(=O)OC)cc2O1. The van der Waals surface area contributed by atoms with Gasteiger partial charge in [-0.15, -0.1) is 0 Å². The number of methoxy groups -OCH3 is 3. The van der Waals surface area contributed by atoms with Gasteiger partial charge in [0.15, 0.2) is 17.6 Å². The normalized spacial score (nSPS) is 16.3. The van der Waals surface area contributed by atoms with Crippen LogP contribution < -0.4 is 14.8 Å². The van der Waals surface area contributed by atoms with Crippen molar-refractivity contribution < 1.29 is 33.3 Å². The fourth-order valence-electron chi connectivity index (χ4n) is 2.05. The van der Waals surface area contributed by atoms with Crippen LogP contribution >= 0.6 is 0 Å². The molecule has 1 aliphatic rings. The van der Waals surface area contributed by atoms with Gasteiger partial charge in [-0.2, -0.15) is 0 Å². The van der Waals surface area contributed by atoms with Gasteiger partial charge in [-0.3, -0.25) is 0 Å². The zero-order valence-corrected chi connectivity index (χ0v) is 13.7. The summed E-state index contributed by atoms with van der Waals surface area (Å²) in [6, 6.07) is 5.05. The number of carbonyl (C=O) groups excluding carboxylic acids is 2. The molecule has 1 aromatic carbocycles. The molecular weight excluding hydrogens is 318 g/mol. The predicted molar refractivity (Wildman–Crippen MR) is 84.0 cm³/mol. The van der Waals surface area contributed by atoms with E-state index >= 15 is 0 Å². The third-order valence-electron chi connectivity index (χ3n) is 3.16. The second kappa shape index (κ2) is 8.21. The smallest absolute Gasteiger partial charge is 0.354 e. The van der Waals surface area contributed by atoms with E-state index in [9.17, 15) is 9.59 Å². The number of carbonyl (C=O) groups is 2. The molecule has 0 fully saturated rings. The molecule has 0 radical (unpaired) electrons. The van der Waals surface area contributed by atoms with Crippen molar-refractivity contribution in [3.8, 4) is 11.5 Å². The molecule has 0 amide bonds. The highest BCUT2D eigenvalue weighted by Crippen LogP contribution is 2.34. The van der Waals surface area contributed by atoms with Crippen molar-refractivity contribution in [1.29, 1.82) is 0 Å². The van der Waals surface area contributed by atoms with Gasteiger partial charge >= 0.3 is 11.9 Å². The van der Waals surface area contributed by atoms with E-state index in [-0.39, 0.29) is 11.8 Å². The lowest BCUT2D eigenvalue weighted by Gasteiger charge is -2.26. The number of ether oxygens (including phenoxy) is 5. The zero-order valence-electron chi connectivity index (χ0n) is 13.7. The summed E-state index contributed by atoms with van der Waals surface area (Å²) in [5.41, 5.74) is 0.463. The molecule has 8 heteroatoms. The summed E-state index contributed by atoms with van der Waals surface area (Å²) in [5.74, 6) is -0.284. The van der Waals surface area contributed by atoms with E-state index in [2.05, 4.69) is 14.8 Å². The summed E-state index contributed by atoms with van der Waals surface area (Å²) in [6.07, 6.45) is 0.791. The van der Waals surface area contributed by atoms with Crippen LogP contribution in [0.2, 0.25) is 0 Å². The van der Waals surface area contributed by atoms with E-state index in [0.29, 0.717) is 30.4 Å². The van der Waals surface area contributed by atoms with Crippen molar-refractivity contribution in [3.63, 3.8) is 0 Å². The number of fused-ring (bicyclic) bond motifs is 1. The van der Waals surface area contributed by atoms with Crippen molar-refractivity contribution in [2.24, 2.45) is 0 Å². The molecule has 8 nitrogen and oxygen atoms in total. The molecule has 0 aromatic heterocycles. The van der Waals surface area contributed by atoms with E-state index in [1.807, 2.05) is 0 Å². The van der Waals surface area contributed by atoms with E-state index in [4.69, 9.17) is 14.2 Å². The van der Waals surface area contributed by atoms with Gasteiger partial charge in [0, 0.05) is 18.9 Å². The maximum atomic E-state index is 11.8. The molecule has 1 unspecified atom stereocenters. The Morgan fingerprint density at radius 1 is 1.25 bits per heavy atom. The van der Waals surface area contributed by atoms with Gasteiger partial charge in [0.1, 0.15) is 12.3 Å². The molecule has 2 rings (SSSR count). The first kappa shape index (κ1) is 17.6. The van der Waals surface area contributed by atoms with Crippen LogP contribution in [0.1, 0.15) is 0 Å². The quantitative estimate of drug-likeness (QED) is 0.610. The molecule has 1 aliphatic heterocycles. The van der Waals surface area contributed by atoms with E-state index in [1.54, 1.807) is 25.3 Å². The van der Waals surface area contributed by atoms with Gasteiger partial charge in [-0.1, -0.05) is 0 Å². The van der Waals surface area contributed by atoms with Crippen molar-refractivity contribution in [3.05, 3.63) is 30.0 Å². The number of hydrogen-bond donors (Lipinski definition) is 1. The lowest BCUT2D eigenvalue weighted by molar-refractivity contribution is -0.138. The number of benzene rings is 1. The van der Waals surface area contributed by atoms with Crippen LogP contribution in [0, 0.1) is 0 Å². The van der Waals surface area contributed by atoms with Gasteiger partial charge < -0.3 is 29.0 Å². The van der Waals surface area contributed by atoms with Crippen molar-refractivity contribution in [2.75, 3.05) is 39.9 Å². The van der Waals surface area contributed by atoms with Gasteiger partial charge in [-0.05, 0) is 12.1 Å². The zero-order chi connectivity index (χ0) is 17.5. The number of hydrogen-bond acceptors (Lipinski definition) is 8. The van der Waals surface area contributed by atoms with E-state index < -0.39 is 11.9 Å². The summed E-state index contributed by atoms with van der Waals surface area (Å²) in [4.78, 5) is 23.1. The third-order valence-corrected chi connectivity index (χ3v) is 3.16. The maximum absolute atomic E-state index is 11.8. The highest BCUT2D eigenvalue weighted by atomic mass is 16.6. The first-order valence-corrected chi connectivity index (χ1v) is 7.14. The minimum absolute atomic E-state index is 0.0607.